The van der Waals surface area contributed by atoms with Gasteiger partial charge >= 0.3 is 0 Å². The number of nitrogens with one attached hydrogen (secondary N) is 2. The zero-order valence-electron chi connectivity index (χ0n) is 10.2. The number of likely N-dealkylation sites (tertiary alicyclic amines) is 1. The van der Waals surface area contributed by atoms with Crippen LogP contribution in [0.5, 0.6) is 0 Å². The Kier molecular flexibility index (Phi) is 3.61. The predicted molar refractivity (Wildman–Crippen MR) is 63.1 cm³/mol. The first-order chi connectivity index (χ1) is 9.02. The number of halogens is 1. The second kappa shape index (κ2) is 5.19. The first kappa shape index (κ1) is 13.2. The summed E-state index contributed by atoms with van der Waals surface area (Å²) in [5, 5.41) is 11.1. The predicted octanol–water partition coefficient (Wildman–Crippen LogP) is -0.0177. The Morgan fingerprint density at radius 1 is 1.63 bits per heavy atom. The summed E-state index contributed by atoms with van der Waals surface area (Å²) in [5.74, 6) is -1.83. The maximum Gasteiger partial charge on any atom is 0.276 e. The van der Waals surface area contributed by atoms with Gasteiger partial charge in [-0.15, -0.1) is 0 Å². The number of nitrogens with zero attached hydrogens (tertiary/aromatic N) is 2. The smallest absolute Gasteiger partial charge is 0.276 e. The van der Waals surface area contributed by atoms with Crippen LogP contribution in [0.4, 0.5) is 10.2 Å². The molecule has 0 aromatic carbocycles. The minimum absolute atomic E-state index is 0.0943. The standard InChI is InChI=1S/C11H13FN4O3/c1-16-3-2-8(11(16)18)14-9-7(12)4-6(5-13-9)10(17)15-19/h4-5,8,19H,2-3H2,1H3,(H,13,14)(H,15,17)/t8-/m1/s1. The fourth-order valence-electron chi connectivity index (χ4n) is 1.85. The van der Waals surface area contributed by atoms with Crippen molar-refractivity contribution < 1.29 is 19.2 Å². The maximum absolute atomic E-state index is 13.7. The lowest BCUT2D eigenvalue weighted by Gasteiger charge is -2.13. The molecule has 0 bridgehead atoms. The summed E-state index contributed by atoms with van der Waals surface area (Å²) in [7, 11) is 1.67. The number of hydrogen-bond acceptors (Lipinski definition) is 5. The van der Waals surface area contributed by atoms with Crippen molar-refractivity contribution in [1.82, 2.24) is 15.4 Å². The third kappa shape index (κ3) is 2.63. The number of carbonyl (C=O) groups is 2. The van der Waals surface area contributed by atoms with E-state index < -0.39 is 17.8 Å². The average Bonchev–Trinajstić information content (AvgIpc) is 2.72. The van der Waals surface area contributed by atoms with Gasteiger partial charge in [-0.2, -0.15) is 0 Å². The molecule has 1 saturated heterocycles. The van der Waals surface area contributed by atoms with Gasteiger partial charge in [-0.3, -0.25) is 14.8 Å². The highest BCUT2D eigenvalue weighted by Crippen LogP contribution is 2.17. The highest BCUT2D eigenvalue weighted by atomic mass is 19.1. The number of carbonyl (C=O) groups excluding carboxylic acids is 2. The first-order valence-electron chi connectivity index (χ1n) is 5.64. The zero-order valence-corrected chi connectivity index (χ0v) is 10.2. The van der Waals surface area contributed by atoms with Gasteiger partial charge in [0.25, 0.3) is 5.91 Å². The van der Waals surface area contributed by atoms with Gasteiger partial charge in [0.1, 0.15) is 6.04 Å². The molecule has 19 heavy (non-hydrogen) atoms. The molecule has 0 radical (unpaired) electrons. The van der Waals surface area contributed by atoms with Crippen molar-refractivity contribution in [2.45, 2.75) is 12.5 Å². The van der Waals surface area contributed by atoms with Crippen LogP contribution in [-0.4, -0.2) is 46.5 Å². The number of aromatic nitrogens is 1. The molecule has 7 nitrogen and oxygen atoms in total. The van der Waals surface area contributed by atoms with Gasteiger partial charge < -0.3 is 10.2 Å². The third-order valence-electron chi connectivity index (χ3n) is 2.94. The Bertz CT molecular complexity index is 523. The van der Waals surface area contributed by atoms with Gasteiger partial charge in [-0.1, -0.05) is 0 Å². The van der Waals surface area contributed by atoms with Crippen molar-refractivity contribution in [3.8, 4) is 0 Å². The second-order valence-electron chi connectivity index (χ2n) is 4.24. The van der Waals surface area contributed by atoms with Crippen LogP contribution in [-0.2, 0) is 4.79 Å². The molecule has 2 amide bonds. The normalized spacial score (nSPS) is 18.6. The number of likely N-dealkylation sites (N-methyl/N-ethyl adjacent to an activating group) is 1. The summed E-state index contributed by atoms with van der Waals surface area (Å²) in [5.41, 5.74) is 1.28. The lowest BCUT2D eigenvalue weighted by molar-refractivity contribution is -0.127. The first-order valence-corrected chi connectivity index (χ1v) is 5.64. The fraction of sp³-hybridized carbons (Fsp3) is 0.364. The fourth-order valence-corrected chi connectivity index (χ4v) is 1.85. The largest absolute Gasteiger partial charge is 0.356 e. The molecule has 0 unspecified atom stereocenters. The summed E-state index contributed by atoms with van der Waals surface area (Å²) in [4.78, 5) is 28.0. The number of rotatable bonds is 3. The van der Waals surface area contributed by atoms with Crippen molar-refractivity contribution in [2.75, 3.05) is 18.9 Å². The van der Waals surface area contributed by atoms with Gasteiger partial charge in [-0.05, 0) is 12.5 Å². The summed E-state index contributed by atoms with van der Waals surface area (Å²) in [6, 6.07) is 0.425. The maximum atomic E-state index is 13.7. The summed E-state index contributed by atoms with van der Waals surface area (Å²) in [6.45, 7) is 0.600. The molecule has 102 valence electrons. The SMILES string of the molecule is CN1CC[C@@H](Nc2ncc(C(=O)NO)cc2F)C1=O. The van der Waals surface area contributed by atoms with Crippen LogP contribution in [0.15, 0.2) is 12.3 Å². The number of hydrogen-bond donors (Lipinski definition) is 3. The van der Waals surface area contributed by atoms with E-state index in [1.165, 1.54) is 5.48 Å². The van der Waals surface area contributed by atoms with E-state index >= 15 is 0 Å². The molecule has 8 heteroatoms. The molecule has 1 aromatic rings. The summed E-state index contributed by atoms with van der Waals surface area (Å²) >= 11 is 0. The molecule has 2 rings (SSSR count). The topological polar surface area (TPSA) is 94.6 Å². The number of hydroxylamine groups is 1. The minimum atomic E-state index is -0.852. The molecule has 2 heterocycles. The zero-order chi connectivity index (χ0) is 14.0. The average molecular weight is 268 g/mol. The van der Waals surface area contributed by atoms with Crippen molar-refractivity contribution >= 4 is 17.6 Å². The van der Waals surface area contributed by atoms with Gasteiger partial charge in [0.15, 0.2) is 11.6 Å². The Morgan fingerprint density at radius 2 is 2.37 bits per heavy atom. The Hall–Kier alpha value is -2.22. The van der Waals surface area contributed by atoms with Gasteiger partial charge in [0.2, 0.25) is 5.91 Å². The highest BCUT2D eigenvalue weighted by Gasteiger charge is 2.29. The molecule has 1 aliphatic rings. The monoisotopic (exact) mass is 268 g/mol. The van der Waals surface area contributed by atoms with Crippen LogP contribution in [0, 0.1) is 5.82 Å². The molecule has 3 N–H and O–H groups in total. The number of pyridine rings is 1. The lowest BCUT2D eigenvalue weighted by atomic mass is 10.2. The van der Waals surface area contributed by atoms with Crippen LogP contribution in [0.2, 0.25) is 0 Å². The van der Waals surface area contributed by atoms with Crippen molar-refractivity contribution in [3.63, 3.8) is 0 Å². The molecule has 1 fully saturated rings. The van der Waals surface area contributed by atoms with Crippen molar-refractivity contribution in [3.05, 3.63) is 23.6 Å². The molecule has 0 spiro atoms. The molecular formula is C11H13FN4O3. The van der Waals surface area contributed by atoms with Crippen molar-refractivity contribution in [1.29, 1.82) is 0 Å². The van der Waals surface area contributed by atoms with Gasteiger partial charge in [0.05, 0.1) is 5.56 Å². The number of amides is 2. The lowest BCUT2D eigenvalue weighted by Crippen LogP contribution is -2.31. The van der Waals surface area contributed by atoms with E-state index in [9.17, 15) is 14.0 Å². The highest BCUT2D eigenvalue weighted by molar-refractivity contribution is 5.93. The van der Waals surface area contributed by atoms with E-state index in [4.69, 9.17) is 5.21 Å². The molecule has 0 aliphatic carbocycles. The third-order valence-corrected chi connectivity index (χ3v) is 2.94. The van der Waals surface area contributed by atoms with Gasteiger partial charge in [-0.25, -0.2) is 14.9 Å². The number of anilines is 1. The van der Waals surface area contributed by atoms with Crippen LogP contribution >= 0.6 is 0 Å². The van der Waals surface area contributed by atoms with Crippen LogP contribution in [0.1, 0.15) is 16.8 Å². The summed E-state index contributed by atoms with van der Waals surface area (Å²) < 4.78 is 13.7. The Labute approximate surface area is 108 Å². The summed E-state index contributed by atoms with van der Waals surface area (Å²) in [6.07, 6.45) is 1.68. The van der Waals surface area contributed by atoms with Crippen molar-refractivity contribution in [2.24, 2.45) is 0 Å². The second-order valence-corrected chi connectivity index (χ2v) is 4.24. The molecule has 1 atom stereocenters. The van der Waals surface area contributed by atoms with E-state index in [0.29, 0.717) is 13.0 Å². The van der Waals surface area contributed by atoms with E-state index in [-0.39, 0.29) is 17.3 Å². The van der Waals surface area contributed by atoms with Crippen LogP contribution < -0.4 is 10.8 Å². The van der Waals surface area contributed by atoms with E-state index in [2.05, 4.69) is 10.3 Å². The molecule has 1 aliphatic heterocycles. The van der Waals surface area contributed by atoms with E-state index in [0.717, 1.165) is 12.3 Å². The van der Waals surface area contributed by atoms with Crippen LogP contribution in [0.3, 0.4) is 0 Å². The van der Waals surface area contributed by atoms with E-state index in [1.54, 1.807) is 11.9 Å². The minimum Gasteiger partial charge on any atom is -0.356 e. The molecule has 0 saturated carbocycles. The molecular weight excluding hydrogens is 255 g/mol. The Balaban J connectivity index is 2.14. The molecule has 1 aromatic heterocycles. The quantitative estimate of drug-likeness (QED) is 0.529. The Morgan fingerprint density at radius 3 is 2.89 bits per heavy atom. The van der Waals surface area contributed by atoms with E-state index in [1.807, 2.05) is 0 Å². The van der Waals surface area contributed by atoms with Crippen LogP contribution in [0.25, 0.3) is 0 Å². The van der Waals surface area contributed by atoms with Gasteiger partial charge in [0, 0.05) is 19.8 Å².